The van der Waals surface area contributed by atoms with Gasteiger partial charge in [0.15, 0.2) is 5.11 Å². The van der Waals surface area contributed by atoms with E-state index in [-0.39, 0.29) is 17.7 Å². The van der Waals surface area contributed by atoms with Crippen LogP contribution >= 0.6 is 12.2 Å². The number of hydrogen-bond donors (Lipinski definition) is 4. The molecular formula is C20H24N4O2S. The number of benzene rings is 2. The van der Waals surface area contributed by atoms with Gasteiger partial charge in [0.25, 0.3) is 0 Å². The van der Waals surface area contributed by atoms with E-state index in [2.05, 4.69) is 45.8 Å². The highest BCUT2D eigenvalue weighted by atomic mass is 32.1. The SMILES string of the molecule is COc1ccc(C2CC3(CC(c4ccc(OC)cc4)N2)NNC(=S)N3)cc1. The summed E-state index contributed by atoms with van der Waals surface area (Å²) in [4.78, 5) is 0. The highest BCUT2D eigenvalue weighted by Gasteiger charge is 2.44. The first-order valence-corrected chi connectivity index (χ1v) is 9.41. The molecule has 0 bridgehead atoms. The fraction of sp³-hybridized carbons (Fsp3) is 0.350. The van der Waals surface area contributed by atoms with Gasteiger partial charge < -0.3 is 20.1 Å². The molecule has 0 saturated carbocycles. The Morgan fingerprint density at radius 3 is 1.70 bits per heavy atom. The average molecular weight is 385 g/mol. The van der Waals surface area contributed by atoms with E-state index in [1.165, 1.54) is 11.1 Å². The molecule has 142 valence electrons. The Balaban J connectivity index is 1.63. The lowest BCUT2D eigenvalue weighted by Gasteiger charge is -2.43. The van der Waals surface area contributed by atoms with E-state index in [0.29, 0.717) is 5.11 Å². The van der Waals surface area contributed by atoms with Crippen molar-refractivity contribution in [2.45, 2.75) is 30.6 Å². The minimum absolute atomic E-state index is 0.166. The summed E-state index contributed by atoms with van der Waals surface area (Å²) < 4.78 is 10.6. The lowest BCUT2D eigenvalue weighted by Crippen LogP contribution is -2.58. The molecule has 2 saturated heterocycles. The van der Waals surface area contributed by atoms with E-state index in [4.69, 9.17) is 21.7 Å². The van der Waals surface area contributed by atoms with Gasteiger partial charge in [0, 0.05) is 24.9 Å². The number of thiocarbonyl (C=S) groups is 1. The average Bonchev–Trinajstić information content (AvgIpc) is 3.07. The Bertz CT molecular complexity index is 754. The number of hydrazine groups is 1. The normalized spacial score (nSPS) is 27.1. The van der Waals surface area contributed by atoms with E-state index >= 15 is 0 Å². The molecule has 27 heavy (non-hydrogen) atoms. The second-order valence-electron chi connectivity index (χ2n) is 7.01. The molecular weight excluding hydrogens is 360 g/mol. The molecule has 0 aliphatic carbocycles. The molecule has 2 atom stereocenters. The van der Waals surface area contributed by atoms with Crippen LogP contribution in [-0.2, 0) is 0 Å². The van der Waals surface area contributed by atoms with Crippen LogP contribution in [0.3, 0.4) is 0 Å². The van der Waals surface area contributed by atoms with Crippen LogP contribution in [0.5, 0.6) is 11.5 Å². The fourth-order valence-electron chi connectivity index (χ4n) is 3.90. The summed E-state index contributed by atoms with van der Waals surface area (Å²) in [7, 11) is 3.36. The Hall–Kier alpha value is -2.35. The zero-order valence-electron chi connectivity index (χ0n) is 15.4. The van der Waals surface area contributed by atoms with Crippen molar-refractivity contribution in [3.63, 3.8) is 0 Å². The zero-order valence-corrected chi connectivity index (χ0v) is 16.2. The number of methoxy groups -OCH3 is 2. The minimum atomic E-state index is -0.294. The van der Waals surface area contributed by atoms with Crippen molar-refractivity contribution in [2.75, 3.05) is 14.2 Å². The Morgan fingerprint density at radius 2 is 1.33 bits per heavy atom. The van der Waals surface area contributed by atoms with Gasteiger partial charge in [-0.15, -0.1) is 0 Å². The van der Waals surface area contributed by atoms with Crippen molar-refractivity contribution in [3.05, 3.63) is 59.7 Å². The highest BCUT2D eigenvalue weighted by Crippen LogP contribution is 2.39. The number of rotatable bonds is 4. The summed E-state index contributed by atoms with van der Waals surface area (Å²) in [5, 5.41) is 7.87. The van der Waals surface area contributed by atoms with Crippen LogP contribution in [0.2, 0.25) is 0 Å². The van der Waals surface area contributed by atoms with Crippen molar-refractivity contribution >= 4 is 17.3 Å². The predicted octanol–water partition coefficient (Wildman–Crippen LogP) is 2.55. The summed E-state index contributed by atoms with van der Waals surface area (Å²) in [6.07, 6.45) is 1.72. The van der Waals surface area contributed by atoms with Gasteiger partial charge in [-0.2, -0.15) is 0 Å². The molecule has 0 radical (unpaired) electrons. The van der Waals surface area contributed by atoms with Crippen molar-refractivity contribution in [2.24, 2.45) is 0 Å². The highest BCUT2D eigenvalue weighted by molar-refractivity contribution is 7.80. The largest absolute Gasteiger partial charge is 0.497 e. The molecule has 4 rings (SSSR count). The van der Waals surface area contributed by atoms with Crippen molar-refractivity contribution in [1.29, 1.82) is 0 Å². The van der Waals surface area contributed by atoms with E-state index < -0.39 is 0 Å². The summed E-state index contributed by atoms with van der Waals surface area (Å²) >= 11 is 5.31. The quantitative estimate of drug-likeness (QED) is 0.604. The second-order valence-corrected chi connectivity index (χ2v) is 7.42. The monoisotopic (exact) mass is 384 g/mol. The molecule has 0 amide bonds. The van der Waals surface area contributed by atoms with E-state index in [0.717, 1.165) is 24.3 Å². The van der Waals surface area contributed by atoms with Crippen molar-refractivity contribution in [1.82, 2.24) is 21.5 Å². The van der Waals surface area contributed by atoms with Crippen LogP contribution in [0.1, 0.15) is 36.1 Å². The third-order valence-corrected chi connectivity index (χ3v) is 5.52. The minimum Gasteiger partial charge on any atom is -0.497 e. The van der Waals surface area contributed by atoms with Crippen LogP contribution in [-0.4, -0.2) is 25.0 Å². The van der Waals surface area contributed by atoms with Crippen LogP contribution in [0.15, 0.2) is 48.5 Å². The Labute approximate surface area is 164 Å². The summed E-state index contributed by atoms with van der Waals surface area (Å²) in [5.74, 6) is 1.71. The first-order valence-electron chi connectivity index (χ1n) is 9.00. The number of ether oxygens (including phenoxy) is 2. The number of nitrogens with one attached hydrogen (secondary N) is 4. The van der Waals surface area contributed by atoms with Gasteiger partial charge in [-0.3, -0.25) is 5.43 Å². The van der Waals surface area contributed by atoms with Gasteiger partial charge in [-0.1, -0.05) is 24.3 Å². The number of hydrogen-bond acceptors (Lipinski definition) is 5. The van der Waals surface area contributed by atoms with Crippen LogP contribution < -0.4 is 31.0 Å². The maximum atomic E-state index is 5.31. The molecule has 4 N–H and O–H groups in total. The molecule has 1 spiro atoms. The molecule has 2 heterocycles. The lowest BCUT2D eigenvalue weighted by atomic mass is 9.83. The van der Waals surface area contributed by atoms with Crippen molar-refractivity contribution in [3.8, 4) is 11.5 Å². The van der Waals surface area contributed by atoms with Gasteiger partial charge in [-0.25, -0.2) is 5.43 Å². The lowest BCUT2D eigenvalue weighted by molar-refractivity contribution is 0.161. The van der Waals surface area contributed by atoms with Gasteiger partial charge in [0.1, 0.15) is 17.2 Å². The molecule has 7 heteroatoms. The number of piperidine rings is 1. The van der Waals surface area contributed by atoms with Gasteiger partial charge >= 0.3 is 0 Å². The third-order valence-electron chi connectivity index (χ3n) is 5.31. The van der Waals surface area contributed by atoms with E-state index in [1.54, 1.807) is 14.2 Å². The zero-order chi connectivity index (χ0) is 18.9. The molecule has 2 aromatic carbocycles. The molecule has 2 aromatic rings. The summed E-state index contributed by atoms with van der Waals surface area (Å²) in [6.45, 7) is 0. The van der Waals surface area contributed by atoms with Gasteiger partial charge in [0.2, 0.25) is 0 Å². The van der Waals surface area contributed by atoms with Gasteiger partial charge in [0.05, 0.1) is 14.2 Å². The summed E-state index contributed by atoms with van der Waals surface area (Å²) in [5.41, 5.74) is 8.58. The van der Waals surface area contributed by atoms with Crippen LogP contribution in [0.25, 0.3) is 0 Å². The van der Waals surface area contributed by atoms with Gasteiger partial charge in [-0.05, 0) is 47.6 Å². The first kappa shape index (κ1) is 18.0. The van der Waals surface area contributed by atoms with Crippen LogP contribution in [0, 0.1) is 0 Å². The topological polar surface area (TPSA) is 66.6 Å². The Morgan fingerprint density at radius 1 is 0.852 bits per heavy atom. The smallest absolute Gasteiger partial charge is 0.182 e. The van der Waals surface area contributed by atoms with Crippen molar-refractivity contribution < 1.29 is 9.47 Å². The summed E-state index contributed by atoms with van der Waals surface area (Å²) in [6, 6.07) is 16.8. The van der Waals surface area contributed by atoms with Crippen LogP contribution in [0.4, 0.5) is 0 Å². The molecule has 6 nitrogen and oxygen atoms in total. The maximum Gasteiger partial charge on any atom is 0.182 e. The van der Waals surface area contributed by atoms with E-state index in [9.17, 15) is 0 Å². The Kier molecular flexibility index (Phi) is 4.90. The molecule has 2 aliphatic heterocycles. The maximum absolute atomic E-state index is 5.31. The molecule has 0 aromatic heterocycles. The predicted molar refractivity (Wildman–Crippen MR) is 109 cm³/mol. The second kappa shape index (κ2) is 7.34. The van der Waals surface area contributed by atoms with E-state index in [1.807, 2.05) is 24.3 Å². The standard InChI is InChI=1S/C20H24N4O2S/c1-25-15-7-3-13(4-8-15)17-11-20(22-19(27)23-24-20)12-18(21-17)14-5-9-16(26-2)10-6-14/h3-10,17-18,21,24H,11-12H2,1-2H3,(H2,22,23,27). The fourth-order valence-corrected chi connectivity index (χ4v) is 4.15. The molecule has 2 aliphatic rings. The molecule has 2 fully saturated rings. The third kappa shape index (κ3) is 3.71. The first-order chi connectivity index (χ1) is 13.1. The molecule has 2 unspecified atom stereocenters.